The van der Waals surface area contributed by atoms with Crippen molar-refractivity contribution in [2.45, 2.75) is 66.3 Å². The van der Waals surface area contributed by atoms with E-state index in [2.05, 4.69) is 30.7 Å². The normalized spacial score (nSPS) is 20.3. The molecule has 0 unspecified atom stereocenters. The lowest BCUT2D eigenvalue weighted by Gasteiger charge is -2.22. The Morgan fingerprint density at radius 1 is 1.32 bits per heavy atom. The molecule has 0 radical (unpaired) electrons. The smallest absolute Gasteiger partial charge is 0.121 e. The Bertz CT molecular complexity index is 957. The van der Waals surface area contributed by atoms with Crippen molar-refractivity contribution in [1.82, 2.24) is 14.9 Å². The maximum Gasteiger partial charge on any atom is 0.121 e. The molecule has 2 heterocycles. The van der Waals surface area contributed by atoms with E-state index in [4.69, 9.17) is 20.9 Å². The molecular formula is C25H39N5O. The molecule has 6 heteroatoms. The molecule has 4 N–H and O–H groups in total. The average molecular weight is 426 g/mol. The van der Waals surface area contributed by atoms with Crippen LogP contribution in [0.4, 0.5) is 0 Å². The molecule has 1 aromatic rings. The standard InChI is InChI=1S/C25H39N5O/c1-5-6-23-29-24(18(4)26)25(30(23)16-17(2)3)21-8-7-20(15-22(21)27)31-14-11-19-9-12-28-13-10-19/h7-8,15,17,19,27-28H,5-6,9-14,16,26H2,1-4H3/b24-18-,25-21+,27-22?. The lowest BCUT2D eigenvalue weighted by molar-refractivity contribution is 0.189. The van der Waals surface area contributed by atoms with Gasteiger partial charge in [0.2, 0.25) is 0 Å². The number of aromatic nitrogens is 2. The summed E-state index contributed by atoms with van der Waals surface area (Å²) in [5.41, 5.74) is 8.23. The number of ether oxygens (including phenoxy) is 1. The van der Waals surface area contributed by atoms with Gasteiger partial charge in [0.1, 0.15) is 16.9 Å². The lowest BCUT2D eigenvalue weighted by atomic mass is 9.95. The van der Waals surface area contributed by atoms with Gasteiger partial charge in [0, 0.05) is 30.3 Å². The molecule has 31 heavy (non-hydrogen) atoms. The number of hydrogen-bond acceptors (Lipinski definition) is 5. The van der Waals surface area contributed by atoms with Crippen LogP contribution in [0.1, 0.15) is 59.2 Å². The van der Waals surface area contributed by atoms with Crippen molar-refractivity contribution in [3.8, 4) is 0 Å². The second kappa shape index (κ2) is 10.8. The van der Waals surface area contributed by atoms with E-state index in [9.17, 15) is 0 Å². The first-order valence-electron chi connectivity index (χ1n) is 11.8. The lowest BCUT2D eigenvalue weighted by Crippen LogP contribution is -2.38. The number of allylic oxidation sites excluding steroid dienone is 3. The summed E-state index contributed by atoms with van der Waals surface area (Å²) in [6, 6.07) is 0. The van der Waals surface area contributed by atoms with Gasteiger partial charge in [0.15, 0.2) is 0 Å². The molecule has 6 nitrogen and oxygen atoms in total. The van der Waals surface area contributed by atoms with Gasteiger partial charge in [0.05, 0.1) is 17.7 Å². The monoisotopic (exact) mass is 425 g/mol. The van der Waals surface area contributed by atoms with Crippen LogP contribution in [0, 0.1) is 17.2 Å². The van der Waals surface area contributed by atoms with Crippen LogP contribution in [0.5, 0.6) is 0 Å². The number of hydrogen-bond donors (Lipinski definition) is 3. The average Bonchev–Trinajstić information content (AvgIpc) is 3.07. The Morgan fingerprint density at radius 2 is 2.06 bits per heavy atom. The van der Waals surface area contributed by atoms with Crippen LogP contribution in [-0.4, -0.2) is 35.0 Å². The van der Waals surface area contributed by atoms with E-state index in [1.54, 1.807) is 0 Å². The summed E-state index contributed by atoms with van der Waals surface area (Å²) < 4.78 is 8.27. The molecule has 170 valence electrons. The van der Waals surface area contributed by atoms with Crippen LogP contribution in [0.15, 0.2) is 24.0 Å². The topological polar surface area (TPSA) is 89.0 Å². The van der Waals surface area contributed by atoms with Gasteiger partial charge in [-0.25, -0.2) is 4.98 Å². The van der Waals surface area contributed by atoms with Crippen LogP contribution in [0.25, 0.3) is 11.3 Å². The number of nitrogens with two attached hydrogens (primary N) is 1. The molecule has 3 rings (SSSR count). The predicted molar refractivity (Wildman–Crippen MR) is 128 cm³/mol. The van der Waals surface area contributed by atoms with E-state index in [0.717, 1.165) is 72.7 Å². The highest BCUT2D eigenvalue weighted by molar-refractivity contribution is 6.26. The number of nitrogens with zero attached hydrogens (tertiary/aromatic N) is 2. The van der Waals surface area contributed by atoms with Crippen LogP contribution >= 0.6 is 0 Å². The first-order valence-corrected chi connectivity index (χ1v) is 11.8. The molecule has 0 aromatic carbocycles. The van der Waals surface area contributed by atoms with Crippen LogP contribution < -0.4 is 21.7 Å². The third-order valence-corrected chi connectivity index (χ3v) is 5.94. The van der Waals surface area contributed by atoms with Crippen molar-refractivity contribution < 1.29 is 4.74 Å². The number of imidazole rings is 1. The summed E-state index contributed by atoms with van der Waals surface area (Å²) >= 11 is 0. The van der Waals surface area contributed by atoms with Crippen LogP contribution in [0.2, 0.25) is 0 Å². The molecule has 1 aliphatic heterocycles. The minimum absolute atomic E-state index is 0.454. The van der Waals surface area contributed by atoms with E-state index in [0.29, 0.717) is 23.9 Å². The fraction of sp³-hybridized carbons (Fsp3) is 0.600. The quantitative estimate of drug-likeness (QED) is 0.597. The summed E-state index contributed by atoms with van der Waals surface area (Å²) in [4.78, 5) is 4.87. The highest BCUT2D eigenvalue weighted by Crippen LogP contribution is 2.19. The first-order chi connectivity index (χ1) is 14.9. The molecule has 0 bridgehead atoms. The van der Waals surface area contributed by atoms with Gasteiger partial charge in [-0.15, -0.1) is 0 Å². The van der Waals surface area contributed by atoms with Gasteiger partial charge in [-0.2, -0.15) is 0 Å². The Kier molecular flexibility index (Phi) is 8.13. The third-order valence-electron chi connectivity index (χ3n) is 5.94. The molecule has 0 atom stereocenters. The van der Waals surface area contributed by atoms with Gasteiger partial charge in [0.25, 0.3) is 0 Å². The molecule has 2 aliphatic rings. The first kappa shape index (κ1) is 23.3. The molecule has 1 saturated heterocycles. The number of nitrogens with one attached hydrogen (secondary N) is 2. The zero-order valence-electron chi connectivity index (χ0n) is 19.6. The SMILES string of the molecule is CCCc1nc(=C(/C)N)/c(=C2/C=CC(OCCC3CCNCC3)=CC2=N)n1CC(C)C. The Morgan fingerprint density at radius 3 is 2.68 bits per heavy atom. The van der Waals surface area contributed by atoms with Crippen molar-refractivity contribution in [2.24, 2.45) is 17.6 Å². The summed E-state index contributed by atoms with van der Waals surface area (Å²) in [5.74, 6) is 3.03. The molecule has 0 spiro atoms. The summed E-state index contributed by atoms with van der Waals surface area (Å²) in [5, 5.41) is 13.9. The third kappa shape index (κ3) is 5.88. The number of aryl methyl sites for hydroxylation is 1. The van der Waals surface area contributed by atoms with Crippen molar-refractivity contribution in [1.29, 1.82) is 5.41 Å². The zero-order chi connectivity index (χ0) is 22.4. The Labute approximate surface area is 186 Å². The molecule has 0 saturated carbocycles. The Hall–Kier alpha value is -2.34. The summed E-state index contributed by atoms with van der Waals surface area (Å²) in [7, 11) is 0. The van der Waals surface area contributed by atoms with E-state index in [-0.39, 0.29) is 0 Å². The fourth-order valence-electron chi connectivity index (χ4n) is 4.36. The highest BCUT2D eigenvalue weighted by Gasteiger charge is 2.18. The van der Waals surface area contributed by atoms with Gasteiger partial charge < -0.3 is 25.8 Å². The van der Waals surface area contributed by atoms with Crippen molar-refractivity contribution in [2.75, 3.05) is 19.7 Å². The predicted octanol–water partition coefficient (Wildman–Crippen LogP) is 2.61. The number of rotatable bonds is 8. The molecule has 1 fully saturated rings. The largest absolute Gasteiger partial charge is 0.494 e. The van der Waals surface area contributed by atoms with E-state index >= 15 is 0 Å². The second-order valence-corrected chi connectivity index (χ2v) is 9.20. The van der Waals surface area contributed by atoms with Crippen molar-refractivity contribution in [3.63, 3.8) is 0 Å². The molecule has 1 aromatic heterocycles. The van der Waals surface area contributed by atoms with Crippen LogP contribution in [-0.2, 0) is 17.7 Å². The van der Waals surface area contributed by atoms with Crippen molar-refractivity contribution >= 4 is 17.0 Å². The van der Waals surface area contributed by atoms with E-state index < -0.39 is 0 Å². The minimum atomic E-state index is 0.454. The zero-order valence-corrected chi connectivity index (χ0v) is 19.6. The van der Waals surface area contributed by atoms with E-state index in [1.165, 1.54) is 12.8 Å². The highest BCUT2D eigenvalue weighted by atomic mass is 16.5. The maximum atomic E-state index is 8.73. The Balaban J connectivity index is 1.88. The molecule has 1 aliphatic carbocycles. The van der Waals surface area contributed by atoms with Crippen LogP contribution in [0.3, 0.4) is 0 Å². The molecule has 0 amide bonds. The van der Waals surface area contributed by atoms with Gasteiger partial charge in [-0.1, -0.05) is 20.8 Å². The van der Waals surface area contributed by atoms with Gasteiger partial charge in [-0.3, -0.25) is 0 Å². The number of piperidine rings is 1. The van der Waals surface area contributed by atoms with Crippen molar-refractivity contribution in [3.05, 3.63) is 40.5 Å². The molecular weight excluding hydrogens is 386 g/mol. The fourth-order valence-corrected chi connectivity index (χ4v) is 4.36. The van der Waals surface area contributed by atoms with E-state index in [1.807, 2.05) is 25.2 Å². The van der Waals surface area contributed by atoms with Gasteiger partial charge >= 0.3 is 0 Å². The summed E-state index contributed by atoms with van der Waals surface area (Å²) in [6.07, 6.45) is 11.3. The van der Waals surface area contributed by atoms with Gasteiger partial charge in [-0.05, 0) is 69.7 Å². The minimum Gasteiger partial charge on any atom is -0.494 e. The second-order valence-electron chi connectivity index (χ2n) is 9.20. The summed E-state index contributed by atoms with van der Waals surface area (Å²) in [6.45, 7) is 12.3. The maximum absolute atomic E-state index is 8.73.